The summed E-state index contributed by atoms with van der Waals surface area (Å²) in [6.07, 6.45) is 10.8. The summed E-state index contributed by atoms with van der Waals surface area (Å²) in [6.45, 7) is 7.11. The van der Waals surface area contributed by atoms with Gasteiger partial charge in [0.05, 0.1) is 0 Å². The minimum atomic E-state index is 0.447. The number of hydrogen-bond acceptors (Lipinski definition) is 2. The number of rotatable bonds is 5. The van der Waals surface area contributed by atoms with Crippen LogP contribution < -0.4 is 0 Å². The molecular weight excluding hydrogens is 342 g/mol. The molecule has 138 valence electrons. The van der Waals surface area contributed by atoms with Crippen molar-refractivity contribution in [3.63, 3.8) is 0 Å². The van der Waals surface area contributed by atoms with Crippen molar-refractivity contribution < 1.29 is 0 Å². The summed E-state index contributed by atoms with van der Waals surface area (Å²) in [6, 6.07) is 9.16. The first kappa shape index (κ1) is 17.8. The normalized spacial score (nSPS) is 22.1. The molecule has 0 bridgehead atoms. The van der Waals surface area contributed by atoms with Crippen LogP contribution in [0.3, 0.4) is 0 Å². The fraction of sp³-hybridized carbons (Fsp3) is 0.455. The lowest BCUT2D eigenvalue weighted by atomic mass is 9.92. The van der Waals surface area contributed by atoms with E-state index in [-0.39, 0.29) is 0 Å². The van der Waals surface area contributed by atoms with Crippen LogP contribution >= 0.6 is 11.6 Å². The first-order valence-electron chi connectivity index (χ1n) is 9.72. The minimum Gasteiger partial charge on any atom is -0.347 e. The van der Waals surface area contributed by atoms with Crippen LogP contribution in [-0.4, -0.2) is 54.1 Å². The van der Waals surface area contributed by atoms with Gasteiger partial charge < -0.3 is 14.4 Å². The zero-order valence-corrected chi connectivity index (χ0v) is 16.3. The number of aryl methyl sites for hydroxylation is 1. The molecule has 2 aliphatic rings. The molecule has 1 aromatic heterocycles. The van der Waals surface area contributed by atoms with E-state index < -0.39 is 0 Å². The first-order valence-corrected chi connectivity index (χ1v) is 10.1. The lowest BCUT2D eigenvalue weighted by Gasteiger charge is -2.32. The van der Waals surface area contributed by atoms with E-state index in [9.17, 15) is 0 Å². The predicted octanol–water partition coefficient (Wildman–Crippen LogP) is 4.45. The van der Waals surface area contributed by atoms with E-state index in [4.69, 9.17) is 11.6 Å². The lowest BCUT2D eigenvalue weighted by Crippen LogP contribution is -2.44. The summed E-state index contributed by atoms with van der Waals surface area (Å²) in [4.78, 5) is 5.01. The molecule has 2 heterocycles. The van der Waals surface area contributed by atoms with Gasteiger partial charge in [0.2, 0.25) is 0 Å². The molecule has 1 aliphatic heterocycles. The van der Waals surface area contributed by atoms with Gasteiger partial charge in [-0.3, -0.25) is 0 Å². The second-order valence-corrected chi connectivity index (χ2v) is 8.05. The topological polar surface area (TPSA) is 11.4 Å². The smallest absolute Gasteiger partial charge is 0.0480 e. The van der Waals surface area contributed by atoms with Crippen LogP contribution in [0.2, 0.25) is 0 Å². The third kappa shape index (κ3) is 4.06. The van der Waals surface area contributed by atoms with Gasteiger partial charge in [0.1, 0.15) is 0 Å². The zero-order chi connectivity index (χ0) is 17.9. The van der Waals surface area contributed by atoms with Gasteiger partial charge in [-0.25, -0.2) is 0 Å². The molecule has 3 nitrogen and oxygen atoms in total. The van der Waals surface area contributed by atoms with Crippen molar-refractivity contribution in [3.05, 3.63) is 59.3 Å². The molecule has 26 heavy (non-hydrogen) atoms. The minimum absolute atomic E-state index is 0.447. The van der Waals surface area contributed by atoms with Crippen LogP contribution in [0.5, 0.6) is 0 Å². The molecule has 1 atom stereocenters. The summed E-state index contributed by atoms with van der Waals surface area (Å²) in [7, 11) is 2.21. The highest BCUT2D eigenvalue weighted by atomic mass is 35.5. The zero-order valence-electron chi connectivity index (χ0n) is 15.6. The van der Waals surface area contributed by atoms with E-state index in [1.165, 1.54) is 55.6 Å². The highest BCUT2D eigenvalue weighted by molar-refractivity contribution is 6.31. The largest absolute Gasteiger partial charge is 0.347 e. The molecule has 0 radical (unpaired) electrons. The van der Waals surface area contributed by atoms with Gasteiger partial charge in [0.25, 0.3) is 0 Å². The third-order valence-electron chi connectivity index (χ3n) is 5.75. The molecule has 1 aromatic carbocycles. The molecule has 0 N–H and O–H groups in total. The maximum absolute atomic E-state index is 6.04. The van der Waals surface area contributed by atoms with Crippen molar-refractivity contribution >= 4 is 22.5 Å². The Morgan fingerprint density at radius 1 is 1.08 bits per heavy atom. The maximum Gasteiger partial charge on any atom is 0.0480 e. The summed E-state index contributed by atoms with van der Waals surface area (Å²) < 4.78 is 2.41. The van der Waals surface area contributed by atoms with Crippen molar-refractivity contribution in [2.24, 2.45) is 0 Å². The van der Waals surface area contributed by atoms with Crippen LogP contribution in [0.4, 0.5) is 0 Å². The number of nitrogens with zero attached hydrogens (tertiary/aromatic N) is 3. The van der Waals surface area contributed by atoms with E-state index in [0.29, 0.717) is 5.92 Å². The van der Waals surface area contributed by atoms with Crippen molar-refractivity contribution in [1.82, 2.24) is 14.4 Å². The van der Waals surface area contributed by atoms with Gasteiger partial charge >= 0.3 is 0 Å². The Hall–Kier alpha value is -1.55. The molecule has 2 aromatic rings. The van der Waals surface area contributed by atoms with Crippen molar-refractivity contribution in [3.8, 4) is 0 Å². The molecular formula is C22H28ClN3. The second-order valence-electron chi connectivity index (χ2n) is 7.62. The number of likely N-dealkylation sites (N-methyl/N-ethyl adjacent to an activating group) is 1. The van der Waals surface area contributed by atoms with Gasteiger partial charge in [-0.1, -0.05) is 29.8 Å². The van der Waals surface area contributed by atoms with E-state index in [1.54, 1.807) is 0 Å². The predicted molar refractivity (Wildman–Crippen MR) is 111 cm³/mol. The molecule has 4 rings (SSSR count). The lowest BCUT2D eigenvalue weighted by molar-refractivity contribution is 0.151. The van der Waals surface area contributed by atoms with Crippen LogP contribution in [0, 0.1) is 0 Å². The molecule has 0 spiro atoms. The van der Waals surface area contributed by atoms with Crippen LogP contribution in [-0.2, 0) is 6.54 Å². The summed E-state index contributed by atoms with van der Waals surface area (Å²) >= 11 is 6.04. The van der Waals surface area contributed by atoms with Crippen LogP contribution in [0.15, 0.2) is 53.7 Å². The Balaban J connectivity index is 1.37. The van der Waals surface area contributed by atoms with E-state index in [1.807, 2.05) is 6.08 Å². The van der Waals surface area contributed by atoms with E-state index in [0.717, 1.165) is 18.0 Å². The number of piperazine rings is 1. The van der Waals surface area contributed by atoms with Crippen molar-refractivity contribution in [2.45, 2.75) is 25.3 Å². The van der Waals surface area contributed by atoms with Crippen molar-refractivity contribution in [1.29, 1.82) is 0 Å². The molecule has 0 saturated carbocycles. The van der Waals surface area contributed by atoms with Gasteiger partial charge in [-0.05, 0) is 61.7 Å². The van der Waals surface area contributed by atoms with Gasteiger partial charge in [-0.15, -0.1) is 0 Å². The summed E-state index contributed by atoms with van der Waals surface area (Å²) in [5.74, 6) is 0.447. The molecule has 1 aliphatic carbocycles. The maximum atomic E-state index is 6.04. The average Bonchev–Trinajstić information content (AvgIpc) is 3.06. The van der Waals surface area contributed by atoms with Gasteiger partial charge in [0, 0.05) is 55.4 Å². The number of halogens is 1. The number of benzene rings is 1. The first-order chi connectivity index (χ1) is 12.7. The molecule has 4 heteroatoms. The second kappa shape index (κ2) is 7.99. The standard InChI is InChI=1S/C22H28ClN3/c1-24-13-15-25(16-14-24)10-2-11-26-12-9-20-17-19(5-8-22(20)26)18-3-6-21(23)7-4-18/h3,5-9,12,17-18H,2,4,10-11,13-16H2,1H3. The summed E-state index contributed by atoms with van der Waals surface area (Å²) in [5.41, 5.74) is 2.73. The fourth-order valence-electron chi connectivity index (χ4n) is 4.02. The Morgan fingerprint density at radius 3 is 2.69 bits per heavy atom. The number of aromatic nitrogens is 1. The summed E-state index contributed by atoms with van der Waals surface area (Å²) in [5, 5.41) is 2.20. The van der Waals surface area contributed by atoms with Crippen molar-refractivity contribution in [2.75, 3.05) is 39.8 Å². The average molecular weight is 370 g/mol. The third-order valence-corrected chi connectivity index (χ3v) is 6.03. The number of hydrogen-bond donors (Lipinski definition) is 0. The molecule has 1 saturated heterocycles. The Labute approximate surface area is 161 Å². The van der Waals surface area contributed by atoms with E-state index >= 15 is 0 Å². The number of allylic oxidation sites excluding steroid dienone is 4. The molecule has 1 fully saturated rings. The highest BCUT2D eigenvalue weighted by Gasteiger charge is 2.14. The molecule has 1 unspecified atom stereocenters. The fourth-order valence-corrected chi connectivity index (χ4v) is 4.18. The monoisotopic (exact) mass is 369 g/mol. The SMILES string of the molecule is CN1CCN(CCCn2ccc3cc(C4C=CC(Cl)=CC4)ccc32)CC1. The van der Waals surface area contributed by atoms with Gasteiger partial charge in [-0.2, -0.15) is 0 Å². The molecule has 0 amide bonds. The van der Waals surface area contributed by atoms with Crippen LogP contribution in [0.1, 0.15) is 24.3 Å². The van der Waals surface area contributed by atoms with Gasteiger partial charge in [0.15, 0.2) is 0 Å². The Bertz CT molecular complexity index is 812. The Morgan fingerprint density at radius 2 is 1.92 bits per heavy atom. The number of fused-ring (bicyclic) bond motifs is 1. The van der Waals surface area contributed by atoms with Crippen LogP contribution in [0.25, 0.3) is 10.9 Å². The van der Waals surface area contributed by atoms with E-state index in [2.05, 4.69) is 64.0 Å². The highest BCUT2D eigenvalue weighted by Crippen LogP contribution is 2.30. The Kier molecular flexibility index (Phi) is 5.49. The quantitative estimate of drug-likeness (QED) is 0.771.